The zero-order chi connectivity index (χ0) is 15.8. The SMILES string of the molecule is CCCCCCCCCCOCCC(C)CCCC(C)C. The first-order valence-electron chi connectivity index (χ1n) is 9.74. The molecule has 21 heavy (non-hydrogen) atoms. The van der Waals surface area contributed by atoms with E-state index in [2.05, 4.69) is 27.7 Å². The monoisotopic (exact) mass is 298 g/mol. The van der Waals surface area contributed by atoms with E-state index in [1.54, 1.807) is 0 Å². The Labute approximate surface area is 135 Å². The van der Waals surface area contributed by atoms with Crippen LogP contribution in [0.2, 0.25) is 0 Å². The van der Waals surface area contributed by atoms with Gasteiger partial charge in [-0.2, -0.15) is 0 Å². The third-order valence-electron chi connectivity index (χ3n) is 4.38. The zero-order valence-electron chi connectivity index (χ0n) is 15.5. The van der Waals surface area contributed by atoms with Gasteiger partial charge in [0.25, 0.3) is 0 Å². The summed E-state index contributed by atoms with van der Waals surface area (Å²) in [5.41, 5.74) is 0. The van der Waals surface area contributed by atoms with Crippen molar-refractivity contribution in [1.29, 1.82) is 0 Å². The van der Waals surface area contributed by atoms with Crippen molar-refractivity contribution in [3.63, 3.8) is 0 Å². The summed E-state index contributed by atoms with van der Waals surface area (Å²) in [6, 6.07) is 0. The van der Waals surface area contributed by atoms with Gasteiger partial charge >= 0.3 is 0 Å². The Bertz CT molecular complexity index is 188. The molecule has 128 valence electrons. The van der Waals surface area contributed by atoms with Gasteiger partial charge in [0, 0.05) is 13.2 Å². The van der Waals surface area contributed by atoms with Gasteiger partial charge in [0.2, 0.25) is 0 Å². The van der Waals surface area contributed by atoms with E-state index in [1.165, 1.54) is 77.0 Å². The molecule has 0 aliphatic heterocycles. The minimum atomic E-state index is 0.835. The first-order valence-corrected chi connectivity index (χ1v) is 9.74. The average Bonchev–Trinajstić information content (AvgIpc) is 2.44. The van der Waals surface area contributed by atoms with Gasteiger partial charge in [-0.05, 0) is 24.7 Å². The van der Waals surface area contributed by atoms with Crippen LogP contribution in [0, 0.1) is 11.8 Å². The van der Waals surface area contributed by atoms with E-state index in [0.29, 0.717) is 0 Å². The molecule has 0 rings (SSSR count). The number of ether oxygens (including phenoxy) is 1. The molecule has 0 aromatic carbocycles. The van der Waals surface area contributed by atoms with E-state index >= 15 is 0 Å². The fourth-order valence-corrected chi connectivity index (χ4v) is 2.74. The number of hydrogen-bond donors (Lipinski definition) is 0. The van der Waals surface area contributed by atoms with Crippen LogP contribution in [0.3, 0.4) is 0 Å². The molecule has 0 radical (unpaired) electrons. The lowest BCUT2D eigenvalue weighted by atomic mass is 9.98. The normalized spacial score (nSPS) is 13.0. The molecule has 0 aliphatic carbocycles. The van der Waals surface area contributed by atoms with Crippen LogP contribution in [0.15, 0.2) is 0 Å². The minimum absolute atomic E-state index is 0.835. The lowest BCUT2D eigenvalue weighted by Gasteiger charge is -2.12. The van der Waals surface area contributed by atoms with Gasteiger partial charge in [0.15, 0.2) is 0 Å². The van der Waals surface area contributed by atoms with Crippen LogP contribution >= 0.6 is 0 Å². The highest BCUT2D eigenvalue weighted by molar-refractivity contribution is 4.55. The van der Waals surface area contributed by atoms with E-state index in [-0.39, 0.29) is 0 Å². The molecule has 1 nitrogen and oxygen atoms in total. The average molecular weight is 299 g/mol. The standard InChI is InChI=1S/C20H42O/c1-5-6-7-8-9-10-11-12-17-21-18-16-20(4)15-13-14-19(2)3/h19-20H,5-18H2,1-4H3. The smallest absolute Gasteiger partial charge is 0.0468 e. The van der Waals surface area contributed by atoms with Crippen molar-refractivity contribution in [3.8, 4) is 0 Å². The second kappa shape index (κ2) is 16.3. The largest absolute Gasteiger partial charge is 0.381 e. The molecule has 0 bridgehead atoms. The van der Waals surface area contributed by atoms with Gasteiger partial charge in [0.05, 0.1) is 0 Å². The molecule has 0 aromatic rings. The third-order valence-corrected chi connectivity index (χ3v) is 4.38. The topological polar surface area (TPSA) is 9.23 Å². The Morgan fingerprint density at radius 2 is 1.24 bits per heavy atom. The van der Waals surface area contributed by atoms with Crippen molar-refractivity contribution in [2.24, 2.45) is 11.8 Å². The van der Waals surface area contributed by atoms with Crippen molar-refractivity contribution in [2.45, 2.75) is 105 Å². The van der Waals surface area contributed by atoms with Crippen molar-refractivity contribution in [3.05, 3.63) is 0 Å². The zero-order valence-corrected chi connectivity index (χ0v) is 15.5. The van der Waals surface area contributed by atoms with E-state index in [1.807, 2.05) is 0 Å². The maximum absolute atomic E-state index is 5.78. The Hall–Kier alpha value is -0.0400. The van der Waals surface area contributed by atoms with Crippen molar-refractivity contribution in [2.75, 3.05) is 13.2 Å². The summed E-state index contributed by atoms with van der Waals surface area (Å²) in [7, 11) is 0. The molecular weight excluding hydrogens is 256 g/mol. The fraction of sp³-hybridized carbons (Fsp3) is 1.00. The maximum atomic E-state index is 5.78. The molecule has 0 aliphatic rings. The van der Waals surface area contributed by atoms with Crippen LogP contribution in [0.1, 0.15) is 105 Å². The molecule has 0 aromatic heterocycles. The lowest BCUT2D eigenvalue weighted by molar-refractivity contribution is 0.116. The molecule has 0 amide bonds. The second-order valence-corrected chi connectivity index (χ2v) is 7.31. The molecular formula is C20H42O. The van der Waals surface area contributed by atoms with Gasteiger partial charge in [-0.25, -0.2) is 0 Å². The van der Waals surface area contributed by atoms with Gasteiger partial charge in [-0.15, -0.1) is 0 Å². The highest BCUT2D eigenvalue weighted by atomic mass is 16.5. The molecule has 0 heterocycles. The summed E-state index contributed by atoms with van der Waals surface area (Å²) < 4.78 is 5.78. The lowest BCUT2D eigenvalue weighted by Crippen LogP contribution is -2.04. The third kappa shape index (κ3) is 17.9. The molecule has 0 saturated heterocycles. The fourth-order valence-electron chi connectivity index (χ4n) is 2.74. The van der Waals surface area contributed by atoms with E-state index in [9.17, 15) is 0 Å². The number of unbranched alkanes of at least 4 members (excludes halogenated alkanes) is 7. The first-order chi connectivity index (χ1) is 10.2. The Morgan fingerprint density at radius 1 is 0.619 bits per heavy atom. The van der Waals surface area contributed by atoms with Crippen LogP contribution in [0.25, 0.3) is 0 Å². The summed E-state index contributed by atoms with van der Waals surface area (Å²) in [5, 5.41) is 0. The Balaban J connectivity index is 3.10. The van der Waals surface area contributed by atoms with Crippen LogP contribution in [-0.2, 0) is 4.74 Å². The summed E-state index contributed by atoms with van der Waals surface area (Å²) in [5.74, 6) is 1.69. The van der Waals surface area contributed by atoms with Crippen molar-refractivity contribution in [1.82, 2.24) is 0 Å². The quantitative estimate of drug-likeness (QED) is 0.279. The van der Waals surface area contributed by atoms with Crippen LogP contribution in [0.5, 0.6) is 0 Å². The van der Waals surface area contributed by atoms with Gasteiger partial charge in [-0.1, -0.05) is 91.9 Å². The van der Waals surface area contributed by atoms with E-state index in [0.717, 1.165) is 25.0 Å². The number of hydrogen-bond acceptors (Lipinski definition) is 1. The molecule has 1 unspecified atom stereocenters. The second-order valence-electron chi connectivity index (χ2n) is 7.31. The van der Waals surface area contributed by atoms with Gasteiger partial charge < -0.3 is 4.74 Å². The molecule has 0 fully saturated rings. The summed E-state index contributed by atoms with van der Waals surface area (Å²) in [4.78, 5) is 0. The van der Waals surface area contributed by atoms with Gasteiger partial charge in [0.1, 0.15) is 0 Å². The van der Waals surface area contributed by atoms with Crippen molar-refractivity contribution < 1.29 is 4.74 Å². The molecule has 0 N–H and O–H groups in total. The minimum Gasteiger partial charge on any atom is -0.381 e. The van der Waals surface area contributed by atoms with E-state index in [4.69, 9.17) is 4.74 Å². The summed E-state index contributed by atoms with van der Waals surface area (Å²) >= 11 is 0. The van der Waals surface area contributed by atoms with E-state index < -0.39 is 0 Å². The Morgan fingerprint density at radius 3 is 1.86 bits per heavy atom. The highest BCUT2D eigenvalue weighted by Gasteiger charge is 2.03. The van der Waals surface area contributed by atoms with Crippen LogP contribution in [0.4, 0.5) is 0 Å². The van der Waals surface area contributed by atoms with Gasteiger partial charge in [-0.3, -0.25) is 0 Å². The maximum Gasteiger partial charge on any atom is 0.0468 e. The van der Waals surface area contributed by atoms with Crippen molar-refractivity contribution >= 4 is 0 Å². The molecule has 1 atom stereocenters. The Kier molecular flexibility index (Phi) is 16.3. The predicted octanol–water partition coefficient (Wildman–Crippen LogP) is 7.00. The summed E-state index contributed by atoms with van der Waals surface area (Å²) in [6.07, 6.45) is 16.5. The van der Waals surface area contributed by atoms with Crippen LogP contribution in [-0.4, -0.2) is 13.2 Å². The molecule has 1 heteroatoms. The number of rotatable bonds is 16. The summed E-state index contributed by atoms with van der Waals surface area (Å²) in [6.45, 7) is 11.2. The van der Waals surface area contributed by atoms with Crippen LogP contribution < -0.4 is 0 Å². The molecule has 0 spiro atoms. The molecule has 0 saturated carbocycles. The first kappa shape index (κ1) is 21.0. The predicted molar refractivity (Wildman–Crippen MR) is 95.9 cm³/mol. The highest BCUT2D eigenvalue weighted by Crippen LogP contribution is 2.15.